The normalized spacial score (nSPS) is 19.1. The third-order valence-electron chi connectivity index (χ3n) is 4.27. The summed E-state index contributed by atoms with van der Waals surface area (Å²) in [5.74, 6) is 0.129. The first kappa shape index (κ1) is 13.9. The van der Waals surface area contributed by atoms with E-state index in [1.54, 1.807) is 18.2 Å². The zero-order chi connectivity index (χ0) is 15.0. The lowest BCUT2D eigenvalue weighted by molar-refractivity contribution is -0.385. The standard InChI is InChI=1S/C16H18N2O3/c1-17-6-5-15-12(10-17)7-13(18(20)21)9-16(15)11-3-2-4-14(19)8-11/h7-9H,2-6,10H2,1H3. The van der Waals surface area contributed by atoms with Gasteiger partial charge in [0.25, 0.3) is 5.69 Å². The number of hydrogen-bond acceptors (Lipinski definition) is 4. The summed E-state index contributed by atoms with van der Waals surface area (Å²) >= 11 is 0. The molecular weight excluding hydrogens is 268 g/mol. The van der Waals surface area contributed by atoms with Crippen molar-refractivity contribution in [3.8, 4) is 0 Å². The predicted molar refractivity (Wildman–Crippen MR) is 80.0 cm³/mol. The highest BCUT2D eigenvalue weighted by Gasteiger charge is 2.24. The summed E-state index contributed by atoms with van der Waals surface area (Å²) in [4.78, 5) is 24.7. The summed E-state index contributed by atoms with van der Waals surface area (Å²) in [6, 6.07) is 3.33. The Bertz CT molecular complexity index is 649. The molecule has 1 aromatic rings. The van der Waals surface area contributed by atoms with Crippen molar-refractivity contribution in [3.63, 3.8) is 0 Å². The molecule has 0 fully saturated rings. The first-order chi connectivity index (χ1) is 10.0. The molecule has 0 N–H and O–H groups in total. The second-order valence-corrected chi connectivity index (χ2v) is 5.87. The Morgan fingerprint density at radius 2 is 2.05 bits per heavy atom. The minimum Gasteiger partial charge on any atom is -0.302 e. The van der Waals surface area contributed by atoms with Crippen molar-refractivity contribution >= 4 is 17.0 Å². The van der Waals surface area contributed by atoms with Gasteiger partial charge in [-0.25, -0.2) is 0 Å². The van der Waals surface area contributed by atoms with Crippen LogP contribution in [0.1, 0.15) is 36.0 Å². The fourth-order valence-electron chi connectivity index (χ4n) is 3.22. The van der Waals surface area contributed by atoms with Gasteiger partial charge >= 0.3 is 0 Å². The highest BCUT2D eigenvalue weighted by atomic mass is 16.6. The summed E-state index contributed by atoms with van der Waals surface area (Å²) in [6.45, 7) is 1.67. The van der Waals surface area contributed by atoms with E-state index in [9.17, 15) is 14.9 Å². The quantitative estimate of drug-likeness (QED) is 0.619. The number of carbonyl (C=O) groups is 1. The number of benzene rings is 1. The molecule has 0 saturated carbocycles. The van der Waals surface area contributed by atoms with Crippen LogP contribution in [-0.4, -0.2) is 29.2 Å². The molecule has 1 aliphatic heterocycles. The summed E-state index contributed by atoms with van der Waals surface area (Å²) in [6.07, 6.45) is 4.81. The number of ketones is 1. The largest absolute Gasteiger partial charge is 0.302 e. The number of nitrogens with zero attached hydrogens (tertiary/aromatic N) is 2. The smallest absolute Gasteiger partial charge is 0.270 e. The average Bonchev–Trinajstić information content (AvgIpc) is 2.45. The monoisotopic (exact) mass is 286 g/mol. The van der Waals surface area contributed by atoms with Gasteiger partial charge in [0.05, 0.1) is 4.92 Å². The predicted octanol–water partition coefficient (Wildman–Crippen LogP) is 2.72. The van der Waals surface area contributed by atoms with Gasteiger partial charge in [0.1, 0.15) is 0 Å². The Labute approximate surface area is 123 Å². The number of allylic oxidation sites excluding steroid dienone is 2. The van der Waals surface area contributed by atoms with Crippen LogP contribution >= 0.6 is 0 Å². The van der Waals surface area contributed by atoms with E-state index >= 15 is 0 Å². The molecule has 1 heterocycles. The van der Waals surface area contributed by atoms with E-state index in [4.69, 9.17) is 0 Å². The lowest BCUT2D eigenvalue weighted by Crippen LogP contribution is -2.27. The molecule has 0 amide bonds. The van der Waals surface area contributed by atoms with Crippen LogP contribution in [0.5, 0.6) is 0 Å². The van der Waals surface area contributed by atoms with E-state index < -0.39 is 0 Å². The Morgan fingerprint density at radius 3 is 2.76 bits per heavy atom. The topological polar surface area (TPSA) is 63.4 Å². The minimum atomic E-state index is -0.344. The van der Waals surface area contributed by atoms with Crippen LogP contribution in [0.3, 0.4) is 0 Å². The van der Waals surface area contributed by atoms with Gasteiger partial charge in [0, 0.05) is 31.6 Å². The number of carbonyl (C=O) groups excluding carboxylic acids is 1. The van der Waals surface area contributed by atoms with Gasteiger partial charge in [-0.3, -0.25) is 14.9 Å². The molecule has 0 radical (unpaired) electrons. The van der Waals surface area contributed by atoms with Gasteiger partial charge in [-0.2, -0.15) is 0 Å². The number of non-ortho nitro benzene ring substituents is 1. The average molecular weight is 286 g/mol. The van der Waals surface area contributed by atoms with Gasteiger partial charge in [-0.05, 0) is 54.6 Å². The van der Waals surface area contributed by atoms with Crippen LogP contribution in [0.15, 0.2) is 18.2 Å². The lowest BCUT2D eigenvalue weighted by atomic mass is 9.85. The maximum Gasteiger partial charge on any atom is 0.270 e. The second-order valence-electron chi connectivity index (χ2n) is 5.87. The summed E-state index contributed by atoms with van der Waals surface area (Å²) in [5.41, 5.74) is 4.21. The molecule has 2 aliphatic rings. The molecule has 1 aliphatic carbocycles. The molecule has 1 aromatic carbocycles. The number of nitro benzene ring substituents is 1. The van der Waals surface area contributed by atoms with Crippen molar-refractivity contribution < 1.29 is 9.72 Å². The Balaban J connectivity index is 2.14. The molecule has 3 rings (SSSR count). The Kier molecular flexibility index (Phi) is 3.59. The highest BCUT2D eigenvalue weighted by Crippen LogP contribution is 2.35. The number of rotatable bonds is 2. The van der Waals surface area contributed by atoms with Crippen molar-refractivity contribution in [2.24, 2.45) is 0 Å². The zero-order valence-electron chi connectivity index (χ0n) is 12.1. The van der Waals surface area contributed by atoms with E-state index in [1.807, 2.05) is 7.05 Å². The lowest BCUT2D eigenvalue weighted by Gasteiger charge is -2.27. The molecule has 0 unspecified atom stereocenters. The van der Waals surface area contributed by atoms with Gasteiger partial charge in [-0.1, -0.05) is 0 Å². The number of likely N-dealkylation sites (N-methyl/N-ethyl adjacent to an activating group) is 1. The van der Waals surface area contributed by atoms with Crippen LogP contribution in [0, 0.1) is 10.1 Å². The third kappa shape index (κ3) is 2.74. The van der Waals surface area contributed by atoms with E-state index in [1.165, 1.54) is 5.56 Å². The summed E-state index contributed by atoms with van der Waals surface area (Å²) in [5, 5.41) is 11.2. The van der Waals surface area contributed by atoms with Crippen molar-refractivity contribution in [2.45, 2.75) is 32.2 Å². The molecule has 0 atom stereocenters. The van der Waals surface area contributed by atoms with Crippen molar-refractivity contribution in [1.82, 2.24) is 4.90 Å². The van der Waals surface area contributed by atoms with Crippen LogP contribution in [0.25, 0.3) is 5.57 Å². The zero-order valence-corrected chi connectivity index (χ0v) is 12.1. The SMILES string of the molecule is CN1CCc2c(cc([N+](=O)[O-])cc2C2=CC(=O)CCC2)C1. The van der Waals surface area contributed by atoms with E-state index in [2.05, 4.69) is 4.90 Å². The van der Waals surface area contributed by atoms with E-state index in [-0.39, 0.29) is 16.4 Å². The van der Waals surface area contributed by atoms with Gasteiger partial charge in [0.15, 0.2) is 5.78 Å². The van der Waals surface area contributed by atoms with Gasteiger partial charge in [-0.15, -0.1) is 0 Å². The molecule has 0 aromatic heterocycles. The van der Waals surface area contributed by atoms with Gasteiger partial charge < -0.3 is 4.90 Å². The highest BCUT2D eigenvalue weighted by molar-refractivity contribution is 5.98. The van der Waals surface area contributed by atoms with Crippen molar-refractivity contribution in [3.05, 3.63) is 45.0 Å². The van der Waals surface area contributed by atoms with Crippen molar-refractivity contribution in [1.29, 1.82) is 0 Å². The van der Waals surface area contributed by atoms with Crippen LogP contribution in [0.4, 0.5) is 5.69 Å². The molecule has 5 nitrogen and oxygen atoms in total. The molecule has 21 heavy (non-hydrogen) atoms. The van der Waals surface area contributed by atoms with Crippen LogP contribution < -0.4 is 0 Å². The first-order valence-corrected chi connectivity index (χ1v) is 7.27. The molecular formula is C16H18N2O3. The summed E-state index contributed by atoms with van der Waals surface area (Å²) in [7, 11) is 2.02. The molecule has 0 bridgehead atoms. The van der Waals surface area contributed by atoms with Crippen LogP contribution in [-0.2, 0) is 17.8 Å². The van der Waals surface area contributed by atoms with Gasteiger partial charge in [0.2, 0.25) is 0 Å². The first-order valence-electron chi connectivity index (χ1n) is 7.27. The van der Waals surface area contributed by atoms with E-state index in [0.29, 0.717) is 6.42 Å². The number of nitro groups is 1. The fourth-order valence-corrected chi connectivity index (χ4v) is 3.22. The van der Waals surface area contributed by atoms with Crippen molar-refractivity contribution in [2.75, 3.05) is 13.6 Å². The molecule has 110 valence electrons. The summed E-state index contributed by atoms with van der Waals surface area (Å²) < 4.78 is 0. The second kappa shape index (κ2) is 5.41. The maximum absolute atomic E-state index is 11.7. The molecule has 5 heteroatoms. The molecule has 0 spiro atoms. The number of fused-ring (bicyclic) bond motifs is 1. The third-order valence-corrected chi connectivity index (χ3v) is 4.27. The molecule has 0 saturated heterocycles. The Morgan fingerprint density at radius 1 is 1.24 bits per heavy atom. The Hall–Kier alpha value is -2.01. The van der Waals surface area contributed by atoms with E-state index in [0.717, 1.165) is 49.1 Å². The minimum absolute atomic E-state index is 0.123. The van der Waals surface area contributed by atoms with Crippen LogP contribution in [0.2, 0.25) is 0 Å². The number of hydrogen-bond donors (Lipinski definition) is 0. The fraction of sp³-hybridized carbons (Fsp3) is 0.438. The maximum atomic E-state index is 11.7.